The summed E-state index contributed by atoms with van der Waals surface area (Å²) in [5, 5.41) is 8.94. The molecule has 1 nitrogen and oxygen atoms in total. The van der Waals surface area contributed by atoms with Crippen LogP contribution in [-0.2, 0) is 0 Å². The van der Waals surface area contributed by atoms with Gasteiger partial charge in [0.25, 0.3) is 0 Å². The van der Waals surface area contributed by atoms with Crippen molar-refractivity contribution in [3.05, 3.63) is 89.5 Å². The van der Waals surface area contributed by atoms with E-state index in [2.05, 4.69) is 62.9 Å². The summed E-state index contributed by atoms with van der Waals surface area (Å²) < 4.78 is 0. The molecule has 0 aliphatic heterocycles. The van der Waals surface area contributed by atoms with Gasteiger partial charge in [-0.1, -0.05) is 99.2 Å². The SMILES string of the molecule is C=C(/C(C)=C/C(C#N)CC)c1ccc(C)cc1.CC.Cc1ccccc1. The lowest BCUT2D eigenvalue weighted by Crippen LogP contribution is -1.93. The Hall–Kier alpha value is -2.59. The van der Waals surface area contributed by atoms with E-state index in [9.17, 15) is 0 Å². The molecular formula is C25H33N. The van der Waals surface area contributed by atoms with Crippen molar-refractivity contribution in [2.45, 2.75) is 48.0 Å². The molecule has 0 heterocycles. The first-order valence-corrected chi connectivity index (χ1v) is 9.34. The lowest BCUT2D eigenvalue weighted by Gasteiger charge is -2.08. The van der Waals surface area contributed by atoms with Crippen molar-refractivity contribution >= 4 is 5.57 Å². The van der Waals surface area contributed by atoms with E-state index in [1.165, 1.54) is 11.1 Å². The summed E-state index contributed by atoms with van der Waals surface area (Å²) in [6.07, 6.45) is 2.84. The first-order valence-electron chi connectivity index (χ1n) is 9.34. The van der Waals surface area contributed by atoms with Crippen molar-refractivity contribution in [2.75, 3.05) is 0 Å². The van der Waals surface area contributed by atoms with Gasteiger partial charge in [0.1, 0.15) is 0 Å². The van der Waals surface area contributed by atoms with Crippen LogP contribution in [0.5, 0.6) is 0 Å². The molecular weight excluding hydrogens is 314 g/mol. The van der Waals surface area contributed by atoms with E-state index in [1.807, 2.05) is 52.0 Å². The number of nitriles is 1. The summed E-state index contributed by atoms with van der Waals surface area (Å²) >= 11 is 0. The van der Waals surface area contributed by atoms with E-state index in [0.717, 1.165) is 23.1 Å². The molecule has 1 atom stereocenters. The summed E-state index contributed by atoms with van der Waals surface area (Å²) in [4.78, 5) is 0. The zero-order chi connectivity index (χ0) is 19.9. The van der Waals surface area contributed by atoms with Crippen molar-refractivity contribution in [1.82, 2.24) is 0 Å². The molecule has 0 aromatic heterocycles. The highest BCUT2D eigenvalue weighted by atomic mass is 14.3. The highest BCUT2D eigenvalue weighted by Crippen LogP contribution is 2.22. The molecule has 1 heteroatoms. The molecule has 0 saturated heterocycles. The number of hydrogen-bond acceptors (Lipinski definition) is 1. The third-order valence-electron chi connectivity index (χ3n) is 3.87. The van der Waals surface area contributed by atoms with Crippen molar-refractivity contribution in [3.63, 3.8) is 0 Å². The largest absolute Gasteiger partial charge is 0.198 e. The molecule has 2 rings (SSSR count). The second-order valence-electron chi connectivity index (χ2n) is 5.99. The third kappa shape index (κ3) is 9.04. The first-order chi connectivity index (χ1) is 12.5. The average Bonchev–Trinajstić information content (AvgIpc) is 2.68. The molecule has 26 heavy (non-hydrogen) atoms. The van der Waals surface area contributed by atoms with Crippen LogP contribution in [0.2, 0.25) is 0 Å². The first kappa shape index (κ1) is 23.4. The summed E-state index contributed by atoms with van der Waals surface area (Å²) in [6.45, 7) is 16.3. The van der Waals surface area contributed by atoms with Gasteiger partial charge in [0.15, 0.2) is 0 Å². The van der Waals surface area contributed by atoms with Gasteiger partial charge in [-0.2, -0.15) is 5.26 Å². The number of benzene rings is 2. The highest BCUT2D eigenvalue weighted by Gasteiger charge is 2.05. The minimum atomic E-state index is -0.0165. The van der Waals surface area contributed by atoms with Crippen molar-refractivity contribution in [1.29, 1.82) is 5.26 Å². The zero-order valence-corrected chi connectivity index (χ0v) is 17.2. The Morgan fingerprint density at radius 1 is 1.00 bits per heavy atom. The van der Waals surface area contributed by atoms with E-state index in [0.29, 0.717) is 0 Å². The van der Waals surface area contributed by atoms with Gasteiger partial charge >= 0.3 is 0 Å². The van der Waals surface area contributed by atoms with Crippen molar-refractivity contribution in [3.8, 4) is 6.07 Å². The van der Waals surface area contributed by atoms with Crippen LogP contribution in [0.1, 0.15) is 50.8 Å². The Bertz CT molecular complexity index is 700. The number of aryl methyl sites for hydroxylation is 2. The van der Waals surface area contributed by atoms with E-state index in [4.69, 9.17) is 5.26 Å². The number of hydrogen-bond donors (Lipinski definition) is 0. The van der Waals surface area contributed by atoms with Gasteiger partial charge in [0.05, 0.1) is 12.0 Å². The van der Waals surface area contributed by atoms with Gasteiger partial charge < -0.3 is 0 Å². The maximum atomic E-state index is 8.94. The smallest absolute Gasteiger partial charge is 0.0697 e. The molecule has 0 spiro atoms. The summed E-state index contributed by atoms with van der Waals surface area (Å²) in [7, 11) is 0. The molecule has 0 fully saturated rings. The van der Waals surface area contributed by atoms with Crippen LogP contribution >= 0.6 is 0 Å². The normalized spacial score (nSPS) is 11.0. The minimum Gasteiger partial charge on any atom is -0.198 e. The fourth-order valence-corrected chi connectivity index (χ4v) is 2.17. The standard InChI is InChI=1S/C16H19N.C7H8.C2H6/c1-5-15(11-17)10-13(3)14(4)16-8-6-12(2)7-9-16;1-7-5-3-2-4-6-7;1-2/h6-10,15H,4-5H2,1-3H3;2-6H,1H3;1-2H3/b13-10+;;. The monoisotopic (exact) mass is 347 g/mol. The van der Waals surface area contributed by atoms with Crippen LogP contribution in [0, 0.1) is 31.1 Å². The van der Waals surface area contributed by atoms with Crippen molar-refractivity contribution in [2.24, 2.45) is 5.92 Å². The Morgan fingerprint density at radius 2 is 1.50 bits per heavy atom. The number of nitrogens with zero attached hydrogens (tertiary/aromatic N) is 1. The molecule has 2 aromatic carbocycles. The second kappa shape index (κ2) is 13.7. The minimum absolute atomic E-state index is 0.0165. The molecule has 0 N–H and O–H groups in total. The van der Waals surface area contributed by atoms with Gasteiger partial charge in [-0.05, 0) is 43.9 Å². The maximum Gasteiger partial charge on any atom is 0.0697 e. The van der Waals surface area contributed by atoms with E-state index >= 15 is 0 Å². The summed E-state index contributed by atoms with van der Waals surface area (Å²) in [5.74, 6) is -0.0165. The fourth-order valence-electron chi connectivity index (χ4n) is 2.17. The Morgan fingerprint density at radius 3 is 1.88 bits per heavy atom. The van der Waals surface area contributed by atoms with Crippen LogP contribution in [-0.4, -0.2) is 0 Å². The predicted octanol–water partition coefficient (Wildman–Crippen LogP) is 7.53. The lowest BCUT2D eigenvalue weighted by molar-refractivity contribution is 0.784. The van der Waals surface area contributed by atoms with E-state index < -0.39 is 0 Å². The van der Waals surface area contributed by atoms with E-state index in [-0.39, 0.29) is 5.92 Å². The molecule has 0 aliphatic carbocycles. The van der Waals surface area contributed by atoms with Crippen LogP contribution < -0.4 is 0 Å². The molecule has 138 valence electrons. The zero-order valence-electron chi connectivity index (χ0n) is 17.2. The Labute approximate surface area is 160 Å². The van der Waals surface area contributed by atoms with Crippen LogP contribution in [0.3, 0.4) is 0 Å². The highest BCUT2D eigenvalue weighted by molar-refractivity contribution is 5.76. The van der Waals surface area contributed by atoms with Crippen LogP contribution in [0.25, 0.3) is 5.57 Å². The van der Waals surface area contributed by atoms with Gasteiger partial charge in [0.2, 0.25) is 0 Å². The Balaban J connectivity index is 0.000000575. The maximum absolute atomic E-state index is 8.94. The quantitative estimate of drug-likeness (QED) is 0.524. The van der Waals surface area contributed by atoms with Gasteiger partial charge in [-0.15, -0.1) is 0 Å². The fraction of sp³-hybridized carbons (Fsp3) is 0.320. The number of allylic oxidation sites excluding steroid dienone is 3. The second-order valence-corrected chi connectivity index (χ2v) is 5.99. The molecule has 0 amide bonds. The van der Waals surface area contributed by atoms with Gasteiger partial charge in [0, 0.05) is 0 Å². The van der Waals surface area contributed by atoms with Crippen LogP contribution in [0.4, 0.5) is 0 Å². The molecule has 0 aliphatic rings. The van der Waals surface area contributed by atoms with Gasteiger partial charge in [-0.25, -0.2) is 0 Å². The molecule has 2 aromatic rings. The van der Waals surface area contributed by atoms with Crippen molar-refractivity contribution < 1.29 is 0 Å². The third-order valence-corrected chi connectivity index (χ3v) is 3.87. The lowest BCUT2D eigenvalue weighted by atomic mass is 9.96. The number of rotatable bonds is 4. The Kier molecular flexibility index (Phi) is 12.3. The molecule has 0 saturated carbocycles. The molecule has 0 bridgehead atoms. The average molecular weight is 348 g/mol. The summed E-state index contributed by atoms with van der Waals surface area (Å²) in [6, 6.07) is 20.8. The summed E-state index contributed by atoms with van der Waals surface area (Å²) in [5.41, 5.74) is 5.77. The molecule has 1 unspecified atom stereocenters. The topological polar surface area (TPSA) is 23.8 Å². The molecule has 0 radical (unpaired) electrons. The van der Waals surface area contributed by atoms with Crippen LogP contribution in [0.15, 0.2) is 72.8 Å². The van der Waals surface area contributed by atoms with E-state index in [1.54, 1.807) is 0 Å². The van der Waals surface area contributed by atoms with Gasteiger partial charge in [-0.3, -0.25) is 0 Å². The predicted molar refractivity (Wildman–Crippen MR) is 116 cm³/mol.